The molecule has 1 saturated heterocycles. The summed E-state index contributed by atoms with van der Waals surface area (Å²) in [5, 5.41) is 0.393. The van der Waals surface area contributed by atoms with Gasteiger partial charge in [0.05, 0.1) is 17.2 Å². The van der Waals surface area contributed by atoms with Crippen LogP contribution >= 0.6 is 11.6 Å². The van der Waals surface area contributed by atoms with Gasteiger partial charge in [-0.25, -0.2) is 0 Å². The first kappa shape index (κ1) is 18.3. The van der Waals surface area contributed by atoms with E-state index in [1.165, 1.54) is 0 Å². The molecule has 0 bridgehead atoms. The number of halogens is 1. The molecule has 0 radical (unpaired) electrons. The summed E-state index contributed by atoms with van der Waals surface area (Å²) in [5.41, 5.74) is 1.19. The molecule has 0 spiro atoms. The molecule has 0 aromatic heterocycles. The summed E-state index contributed by atoms with van der Waals surface area (Å²) in [6.45, 7) is 5.09. The molecule has 1 aliphatic rings. The van der Waals surface area contributed by atoms with Crippen LogP contribution in [0.3, 0.4) is 0 Å². The molecule has 26 heavy (non-hydrogen) atoms. The minimum atomic E-state index is -0.566. The second-order valence-electron chi connectivity index (χ2n) is 6.07. The lowest BCUT2D eigenvalue weighted by Gasteiger charge is -2.39. The lowest BCUT2D eigenvalue weighted by molar-refractivity contribution is -0.124. The molecule has 1 fully saturated rings. The van der Waals surface area contributed by atoms with Crippen molar-refractivity contribution >= 4 is 29.1 Å². The van der Waals surface area contributed by atoms with E-state index in [-0.39, 0.29) is 11.8 Å². The summed E-state index contributed by atoms with van der Waals surface area (Å²) in [6.07, 6.45) is 0. The molecule has 0 aliphatic carbocycles. The average Bonchev–Trinajstić information content (AvgIpc) is 2.64. The van der Waals surface area contributed by atoms with Crippen molar-refractivity contribution in [1.82, 2.24) is 4.90 Å². The molecule has 1 heterocycles. The highest BCUT2D eigenvalue weighted by Gasteiger charge is 2.35. The van der Waals surface area contributed by atoms with Crippen molar-refractivity contribution in [2.75, 3.05) is 24.6 Å². The van der Waals surface area contributed by atoms with Crippen molar-refractivity contribution < 1.29 is 14.3 Å². The van der Waals surface area contributed by atoms with Gasteiger partial charge in [-0.1, -0.05) is 29.8 Å². The average molecular weight is 373 g/mol. The molecule has 1 aliphatic heterocycles. The van der Waals surface area contributed by atoms with Gasteiger partial charge < -0.3 is 14.5 Å². The summed E-state index contributed by atoms with van der Waals surface area (Å²) in [4.78, 5) is 29.0. The Hall–Kier alpha value is -2.53. The van der Waals surface area contributed by atoms with Gasteiger partial charge in [0, 0.05) is 24.8 Å². The zero-order valence-corrected chi connectivity index (χ0v) is 15.6. The minimum Gasteiger partial charge on any atom is -0.494 e. The number of anilines is 1. The summed E-state index contributed by atoms with van der Waals surface area (Å²) >= 11 is 6.14. The zero-order chi connectivity index (χ0) is 18.7. The molecule has 136 valence electrons. The number of hydrogen-bond acceptors (Lipinski definition) is 3. The molecular formula is C20H21ClN2O3. The van der Waals surface area contributed by atoms with Gasteiger partial charge in [0.15, 0.2) is 0 Å². The number of piperazine rings is 1. The first-order chi connectivity index (χ1) is 12.5. The normalized spacial score (nSPS) is 17.3. The van der Waals surface area contributed by atoms with Crippen LogP contribution in [0.25, 0.3) is 0 Å². The summed E-state index contributed by atoms with van der Waals surface area (Å²) in [6, 6.07) is 13.8. The standard InChI is InChI=1S/C20H21ClN2O3/c1-3-26-16-8-6-7-15(13-16)23-12-11-22(14(2)19(23)24)20(25)17-9-4-5-10-18(17)21/h4-10,13-14H,3,11-12H2,1-2H3. The van der Waals surface area contributed by atoms with Gasteiger partial charge in [-0.3, -0.25) is 9.59 Å². The number of benzene rings is 2. The van der Waals surface area contributed by atoms with Gasteiger partial charge in [-0.15, -0.1) is 0 Å². The Labute approximate surface area is 158 Å². The minimum absolute atomic E-state index is 0.120. The zero-order valence-electron chi connectivity index (χ0n) is 14.8. The number of carbonyl (C=O) groups is 2. The van der Waals surface area contributed by atoms with E-state index in [1.54, 1.807) is 41.0 Å². The number of hydrogen-bond donors (Lipinski definition) is 0. The second kappa shape index (κ2) is 7.79. The number of rotatable bonds is 4. The highest BCUT2D eigenvalue weighted by atomic mass is 35.5. The van der Waals surface area contributed by atoms with Gasteiger partial charge in [-0.2, -0.15) is 0 Å². The van der Waals surface area contributed by atoms with Crippen LogP contribution in [-0.2, 0) is 4.79 Å². The maximum atomic E-state index is 12.9. The Morgan fingerprint density at radius 1 is 1.19 bits per heavy atom. The highest BCUT2D eigenvalue weighted by molar-refractivity contribution is 6.33. The van der Waals surface area contributed by atoms with Crippen molar-refractivity contribution in [3.8, 4) is 5.75 Å². The van der Waals surface area contributed by atoms with E-state index >= 15 is 0 Å². The van der Waals surface area contributed by atoms with Crippen LogP contribution in [0, 0.1) is 0 Å². The molecule has 2 amide bonds. The Morgan fingerprint density at radius 3 is 2.69 bits per heavy atom. The quantitative estimate of drug-likeness (QED) is 0.823. The van der Waals surface area contributed by atoms with Crippen molar-refractivity contribution in [1.29, 1.82) is 0 Å². The van der Waals surface area contributed by atoms with E-state index in [0.717, 1.165) is 11.4 Å². The van der Waals surface area contributed by atoms with E-state index in [4.69, 9.17) is 16.3 Å². The fraction of sp³-hybridized carbons (Fsp3) is 0.300. The van der Waals surface area contributed by atoms with Gasteiger partial charge in [0.1, 0.15) is 11.8 Å². The number of carbonyl (C=O) groups excluding carboxylic acids is 2. The number of amides is 2. The van der Waals surface area contributed by atoms with Crippen LogP contribution in [0.1, 0.15) is 24.2 Å². The van der Waals surface area contributed by atoms with Crippen LogP contribution in [0.15, 0.2) is 48.5 Å². The van der Waals surface area contributed by atoms with Crippen LogP contribution in [0.5, 0.6) is 5.75 Å². The topological polar surface area (TPSA) is 49.9 Å². The fourth-order valence-corrected chi connectivity index (χ4v) is 3.32. The summed E-state index contributed by atoms with van der Waals surface area (Å²) in [7, 11) is 0. The Morgan fingerprint density at radius 2 is 1.96 bits per heavy atom. The third-order valence-corrected chi connectivity index (χ3v) is 4.79. The van der Waals surface area contributed by atoms with Crippen LogP contribution in [0.4, 0.5) is 5.69 Å². The molecule has 1 atom stereocenters. The second-order valence-corrected chi connectivity index (χ2v) is 6.48. The Kier molecular flexibility index (Phi) is 5.47. The first-order valence-electron chi connectivity index (χ1n) is 8.62. The fourth-order valence-electron chi connectivity index (χ4n) is 3.10. The predicted molar refractivity (Wildman–Crippen MR) is 102 cm³/mol. The monoisotopic (exact) mass is 372 g/mol. The van der Waals surface area contributed by atoms with Crippen LogP contribution < -0.4 is 9.64 Å². The molecular weight excluding hydrogens is 352 g/mol. The first-order valence-corrected chi connectivity index (χ1v) is 9.00. The third kappa shape index (κ3) is 3.53. The van der Waals surface area contributed by atoms with E-state index in [0.29, 0.717) is 30.3 Å². The molecule has 1 unspecified atom stereocenters. The van der Waals surface area contributed by atoms with Crippen LogP contribution in [-0.4, -0.2) is 42.5 Å². The molecule has 0 saturated carbocycles. The van der Waals surface area contributed by atoms with Gasteiger partial charge >= 0.3 is 0 Å². The molecule has 0 N–H and O–H groups in total. The van der Waals surface area contributed by atoms with Gasteiger partial charge in [-0.05, 0) is 38.1 Å². The van der Waals surface area contributed by atoms with Crippen molar-refractivity contribution in [3.63, 3.8) is 0 Å². The van der Waals surface area contributed by atoms with E-state index in [9.17, 15) is 9.59 Å². The van der Waals surface area contributed by atoms with E-state index < -0.39 is 6.04 Å². The van der Waals surface area contributed by atoms with Crippen LogP contribution in [0.2, 0.25) is 5.02 Å². The summed E-state index contributed by atoms with van der Waals surface area (Å²) in [5.74, 6) is 0.379. The highest BCUT2D eigenvalue weighted by Crippen LogP contribution is 2.26. The van der Waals surface area contributed by atoms with E-state index in [2.05, 4.69) is 0 Å². The molecule has 2 aromatic rings. The smallest absolute Gasteiger partial charge is 0.256 e. The van der Waals surface area contributed by atoms with E-state index in [1.807, 2.05) is 31.2 Å². The molecule has 3 rings (SSSR count). The third-order valence-electron chi connectivity index (χ3n) is 4.46. The summed E-state index contributed by atoms with van der Waals surface area (Å²) < 4.78 is 5.51. The lowest BCUT2D eigenvalue weighted by atomic mass is 10.1. The Bertz CT molecular complexity index is 824. The maximum Gasteiger partial charge on any atom is 0.256 e. The SMILES string of the molecule is CCOc1cccc(N2CCN(C(=O)c3ccccc3Cl)C(C)C2=O)c1. The van der Waals surface area contributed by atoms with Gasteiger partial charge in [0.25, 0.3) is 5.91 Å². The predicted octanol–water partition coefficient (Wildman–Crippen LogP) is 3.62. The largest absolute Gasteiger partial charge is 0.494 e. The molecule has 2 aromatic carbocycles. The lowest BCUT2D eigenvalue weighted by Crippen LogP contribution is -2.57. The molecule has 5 nitrogen and oxygen atoms in total. The number of nitrogens with zero attached hydrogens (tertiary/aromatic N) is 2. The Balaban J connectivity index is 1.80. The molecule has 6 heteroatoms. The number of ether oxygens (including phenoxy) is 1. The van der Waals surface area contributed by atoms with Crippen molar-refractivity contribution in [2.24, 2.45) is 0 Å². The van der Waals surface area contributed by atoms with Gasteiger partial charge in [0.2, 0.25) is 5.91 Å². The maximum absolute atomic E-state index is 12.9. The van der Waals surface area contributed by atoms with Crippen molar-refractivity contribution in [2.45, 2.75) is 19.9 Å². The van der Waals surface area contributed by atoms with Crippen molar-refractivity contribution in [3.05, 3.63) is 59.1 Å².